The van der Waals surface area contributed by atoms with Crippen LogP contribution in [0, 0.1) is 11.6 Å². The topological polar surface area (TPSA) is 68.5 Å². The fraction of sp³-hybridized carbons (Fsp3) is 0.0526. The number of rotatable bonds is 5. The Kier molecular flexibility index (Phi) is 5.52. The molecule has 0 aliphatic heterocycles. The third kappa shape index (κ3) is 4.51. The van der Waals surface area contributed by atoms with E-state index >= 15 is 0 Å². The van der Waals surface area contributed by atoms with Gasteiger partial charge in [-0.25, -0.2) is 13.6 Å². The molecule has 1 heterocycles. The molecule has 3 rings (SSSR count). The molecule has 0 saturated carbocycles. The molecule has 27 heavy (non-hydrogen) atoms. The van der Waals surface area contributed by atoms with Crippen LogP contribution in [0.1, 0.15) is 10.6 Å². The van der Waals surface area contributed by atoms with Crippen molar-refractivity contribution >= 4 is 29.2 Å². The summed E-state index contributed by atoms with van der Waals surface area (Å²) in [6.45, 7) is -0.698. The van der Waals surface area contributed by atoms with Crippen LogP contribution in [0.2, 0.25) is 5.02 Å². The van der Waals surface area contributed by atoms with Crippen LogP contribution >= 0.6 is 11.6 Å². The first-order valence-corrected chi connectivity index (χ1v) is 8.08. The lowest BCUT2D eigenvalue weighted by Crippen LogP contribution is -2.21. The van der Waals surface area contributed by atoms with Gasteiger partial charge in [-0.3, -0.25) is 4.79 Å². The third-order valence-corrected chi connectivity index (χ3v) is 3.81. The van der Waals surface area contributed by atoms with Crippen LogP contribution in [0.25, 0.3) is 11.3 Å². The Hall–Kier alpha value is -3.19. The average molecular weight is 392 g/mol. The van der Waals surface area contributed by atoms with E-state index in [2.05, 4.69) is 5.32 Å². The number of furan rings is 1. The lowest BCUT2D eigenvalue weighted by molar-refractivity contribution is -0.119. The molecule has 0 saturated heterocycles. The van der Waals surface area contributed by atoms with E-state index in [1.807, 2.05) is 0 Å². The molecule has 0 unspecified atom stereocenters. The zero-order chi connectivity index (χ0) is 19.4. The fourth-order valence-electron chi connectivity index (χ4n) is 2.24. The summed E-state index contributed by atoms with van der Waals surface area (Å²) in [7, 11) is 0. The first-order chi connectivity index (χ1) is 12.9. The molecule has 8 heteroatoms. The molecule has 1 N–H and O–H groups in total. The Balaban J connectivity index is 1.60. The normalized spacial score (nSPS) is 10.5. The van der Waals surface area contributed by atoms with Crippen molar-refractivity contribution in [2.75, 3.05) is 11.9 Å². The van der Waals surface area contributed by atoms with Gasteiger partial charge in [0, 0.05) is 11.6 Å². The maximum atomic E-state index is 13.5. The van der Waals surface area contributed by atoms with Gasteiger partial charge in [0.25, 0.3) is 5.91 Å². The molecule has 0 fully saturated rings. The van der Waals surface area contributed by atoms with Gasteiger partial charge >= 0.3 is 5.97 Å². The summed E-state index contributed by atoms with van der Waals surface area (Å²) < 4.78 is 36.8. The number of anilines is 1. The molecule has 0 aliphatic rings. The molecular formula is C19H12ClF2NO4. The van der Waals surface area contributed by atoms with Crippen molar-refractivity contribution in [3.63, 3.8) is 0 Å². The summed E-state index contributed by atoms with van der Waals surface area (Å²) in [5, 5.41) is 2.56. The third-order valence-electron chi connectivity index (χ3n) is 3.48. The first kappa shape index (κ1) is 18.6. The monoisotopic (exact) mass is 391 g/mol. The van der Waals surface area contributed by atoms with Gasteiger partial charge in [0.2, 0.25) is 5.76 Å². The number of nitrogens with one attached hydrogen (secondary N) is 1. The molecule has 138 valence electrons. The van der Waals surface area contributed by atoms with E-state index in [4.69, 9.17) is 20.8 Å². The lowest BCUT2D eigenvalue weighted by Gasteiger charge is -2.07. The standard InChI is InChI=1S/C19H12ClF2NO4/c20-13-4-2-1-3-12(13)16-7-8-17(27-16)19(25)26-10-18(24)23-15-9-11(21)5-6-14(15)22/h1-9H,10H2,(H,23,24). The van der Waals surface area contributed by atoms with Gasteiger partial charge in [-0.1, -0.05) is 23.7 Å². The largest absolute Gasteiger partial charge is 0.450 e. The predicted molar refractivity (Wildman–Crippen MR) is 94.4 cm³/mol. The molecule has 5 nitrogen and oxygen atoms in total. The molecule has 3 aromatic rings. The smallest absolute Gasteiger partial charge is 0.374 e. The Morgan fingerprint density at radius 3 is 2.63 bits per heavy atom. The average Bonchev–Trinajstić information content (AvgIpc) is 3.13. The quantitative estimate of drug-likeness (QED) is 0.641. The predicted octanol–water partition coefficient (Wildman–Crippen LogP) is 4.67. The maximum absolute atomic E-state index is 13.5. The molecule has 0 radical (unpaired) electrons. The van der Waals surface area contributed by atoms with E-state index in [1.54, 1.807) is 30.3 Å². The van der Waals surface area contributed by atoms with Crippen LogP contribution in [-0.4, -0.2) is 18.5 Å². The van der Waals surface area contributed by atoms with E-state index in [1.165, 1.54) is 6.07 Å². The summed E-state index contributed by atoms with van der Waals surface area (Å²) in [6, 6.07) is 12.4. The Bertz CT molecular complexity index is 1000. The highest BCUT2D eigenvalue weighted by Crippen LogP contribution is 2.29. The number of esters is 1. The van der Waals surface area contributed by atoms with E-state index in [-0.39, 0.29) is 11.4 Å². The van der Waals surface area contributed by atoms with Gasteiger partial charge < -0.3 is 14.5 Å². The van der Waals surface area contributed by atoms with Crippen molar-refractivity contribution in [3.05, 3.63) is 77.0 Å². The summed E-state index contributed by atoms with van der Waals surface area (Å²) in [6.07, 6.45) is 0. The van der Waals surface area contributed by atoms with Crippen LogP contribution in [0.3, 0.4) is 0 Å². The molecular weight excluding hydrogens is 380 g/mol. The molecule has 0 atom stereocenters. The summed E-state index contributed by atoms with van der Waals surface area (Å²) in [5.41, 5.74) is 0.243. The lowest BCUT2D eigenvalue weighted by atomic mass is 10.2. The number of halogens is 3. The highest BCUT2D eigenvalue weighted by atomic mass is 35.5. The van der Waals surface area contributed by atoms with Gasteiger partial charge in [-0.2, -0.15) is 0 Å². The molecule has 0 bridgehead atoms. The van der Waals surface area contributed by atoms with Crippen molar-refractivity contribution < 1.29 is 27.5 Å². The van der Waals surface area contributed by atoms with E-state index < -0.39 is 30.1 Å². The first-order valence-electron chi connectivity index (χ1n) is 7.71. The van der Waals surface area contributed by atoms with E-state index in [0.29, 0.717) is 16.3 Å². The maximum Gasteiger partial charge on any atom is 0.374 e. The number of carbonyl (C=O) groups is 2. The van der Waals surface area contributed by atoms with Crippen molar-refractivity contribution in [1.29, 1.82) is 0 Å². The second kappa shape index (κ2) is 8.01. The van der Waals surface area contributed by atoms with Gasteiger partial charge in [-0.15, -0.1) is 0 Å². The van der Waals surface area contributed by atoms with Crippen molar-refractivity contribution in [3.8, 4) is 11.3 Å². The second-order valence-corrected chi connectivity index (χ2v) is 5.80. The molecule has 0 spiro atoms. The highest BCUT2D eigenvalue weighted by Gasteiger charge is 2.17. The minimum atomic E-state index is -0.886. The summed E-state index contributed by atoms with van der Waals surface area (Å²) >= 11 is 6.06. The van der Waals surface area contributed by atoms with Crippen LogP contribution in [0.5, 0.6) is 0 Å². The van der Waals surface area contributed by atoms with Crippen LogP contribution in [0.4, 0.5) is 14.5 Å². The minimum Gasteiger partial charge on any atom is -0.450 e. The Labute approximate surface area is 157 Å². The van der Waals surface area contributed by atoms with Gasteiger partial charge in [0.05, 0.1) is 10.7 Å². The fourth-order valence-corrected chi connectivity index (χ4v) is 2.46. The van der Waals surface area contributed by atoms with E-state index in [9.17, 15) is 18.4 Å². The van der Waals surface area contributed by atoms with Crippen LogP contribution in [0.15, 0.2) is 59.0 Å². The Morgan fingerprint density at radius 2 is 1.85 bits per heavy atom. The molecule has 2 aromatic carbocycles. The van der Waals surface area contributed by atoms with E-state index in [0.717, 1.165) is 18.2 Å². The van der Waals surface area contributed by atoms with Gasteiger partial charge in [0.15, 0.2) is 6.61 Å². The van der Waals surface area contributed by atoms with Crippen LogP contribution in [-0.2, 0) is 9.53 Å². The number of carbonyl (C=O) groups excluding carboxylic acids is 2. The number of hydrogen-bond acceptors (Lipinski definition) is 4. The zero-order valence-corrected chi connectivity index (χ0v) is 14.4. The zero-order valence-electron chi connectivity index (χ0n) is 13.7. The molecule has 1 amide bonds. The second-order valence-electron chi connectivity index (χ2n) is 5.39. The molecule has 1 aromatic heterocycles. The number of hydrogen-bond donors (Lipinski definition) is 1. The number of amides is 1. The van der Waals surface area contributed by atoms with Crippen molar-refractivity contribution in [2.45, 2.75) is 0 Å². The van der Waals surface area contributed by atoms with Gasteiger partial charge in [0.1, 0.15) is 17.4 Å². The highest BCUT2D eigenvalue weighted by molar-refractivity contribution is 6.33. The SMILES string of the molecule is O=C(COC(=O)c1ccc(-c2ccccc2Cl)o1)Nc1cc(F)ccc1F. The Morgan fingerprint density at radius 1 is 1.07 bits per heavy atom. The minimum absolute atomic E-state index is 0.130. The number of benzene rings is 2. The number of ether oxygens (including phenoxy) is 1. The van der Waals surface area contributed by atoms with Crippen LogP contribution < -0.4 is 5.32 Å². The van der Waals surface area contributed by atoms with Crippen molar-refractivity contribution in [1.82, 2.24) is 0 Å². The summed E-state index contributed by atoms with van der Waals surface area (Å²) in [5.74, 6) is -3.01. The van der Waals surface area contributed by atoms with Crippen molar-refractivity contribution in [2.24, 2.45) is 0 Å². The van der Waals surface area contributed by atoms with Gasteiger partial charge in [-0.05, 0) is 36.4 Å². The molecule has 0 aliphatic carbocycles. The summed E-state index contributed by atoms with van der Waals surface area (Å²) in [4.78, 5) is 23.7.